The van der Waals surface area contributed by atoms with Gasteiger partial charge in [0.2, 0.25) is 0 Å². The molecule has 7 heteroatoms. The van der Waals surface area contributed by atoms with Crippen LogP contribution in [-0.4, -0.2) is 30.5 Å². The van der Waals surface area contributed by atoms with Gasteiger partial charge in [-0.2, -0.15) is 5.10 Å². The number of anilines is 2. The number of aromatic nitrogens is 3. The van der Waals surface area contributed by atoms with Crippen LogP contribution in [0.2, 0.25) is 0 Å². The van der Waals surface area contributed by atoms with Crippen LogP contribution in [0.25, 0.3) is 10.8 Å². The Morgan fingerprint density at radius 1 is 1.08 bits per heavy atom. The van der Waals surface area contributed by atoms with Gasteiger partial charge in [0, 0.05) is 37.6 Å². The Balaban J connectivity index is 1.81. The third-order valence-electron chi connectivity index (χ3n) is 4.19. The number of phenols is 2. The van der Waals surface area contributed by atoms with Gasteiger partial charge >= 0.3 is 0 Å². The zero-order valence-electron chi connectivity index (χ0n) is 13.9. The summed E-state index contributed by atoms with van der Waals surface area (Å²) in [5, 5.41) is 29.1. The van der Waals surface area contributed by atoms with Crippen molar-refractivity contribution in [3.05, 3.63) is 66.6 Å². The van der Waals surface area contributed by atoms with Crippen molar-refractivity contribution in [2.24, 2.45) is 7.05 Å². The fourth-order valence-corrected chi connectivity index (χ4v) is 2.90. The highest BCUT2D eigenvalue weighted by molar-refractivity contribution is 6.06. The Bertz CT molecular complexity index is 1090. The van der Waals surface area contributed by atoms with Crippen molar-refractivity contribution < 1.29 is 15.0 Å². The summed E-state index contributed by atoms with van der Waals surface area (Å²) in [7, 11) is 1.74. The zero-order valence-corrected chi connectivity index (χ0v) is 13.9. The molecule has 2 heterocycles. The van der Waals surface area contributed by atoms with E-state index in [0.717, 1.165) is 16.8 Å². The Hall–Kier alpha value is -3.74. The van der Waals surface area contributed by atoms with Crippen molar-refractivity contribution in [2.45, 2.75) is 0 Å². The van der Waals surface area contributed by atoms with E-state index in [-0.39, 0.29) is 22.7 Å². The number of carbonyl (C=O) groups excluding carboxylic acids is 1. The average Bonchev–Trinajstić information content (AvgIpc) is 3.20. The van der Waals surface area contributed by atoms with E-state index in [4.69, 9.17) is 0 Å². The number of hydrogen-bond donors (Lipinski definition) is 3. The molecule has 0 aliphatic heterocycles. The lowest BCUT2D eigenvalue weighted by Gasteiger charge is -2.14. The first-order chi connectivity index (χ1) is 12.5. The lowest BCUT2D eigenvalue weighted by molar-refractivity contribution is 0.0959. The molecule has 0 spiro atoms. The maximum absolute atomic E-state index is 13.0. The summed E-state index contributed by atoms with van der Waals surface area (Å²) < 4.78 is 3.00. The highest BCUT2D eigenvalue weighted by Crippen LogP contribution is 2.34. The molecular formula is C19H16N4O3. The predicted molar refractivity (Wildman–Crippen MR) is 97.9 cm³/mol. The summed E-state index contributed by atoms with van der Waals surface area (Å²) >= 11 is 0. The van der Waals surface area contributed by atoms with E-state index in [0.29, 0.717) is 5.82 Å². The molecule has 26 heavy (non-hydrogen) atoms. The van der Waals surface area contributed by atoms with E-state index in [1.807, 2.05) is 24.3 Å². The molecule has 4 rings (SSSR count). The number of benzene rings is 2. The van der Waals surface area contributed by atoms with Crippen LogP contribution < -0.4 is 5.32 Å². The van der Waals surface area contributed by atoms with E-state index in [2.05, 4.69) is 10.4 Å². The molecule has 0 aliphatic carbocycles. The normalized spacial score (nSPS) is 11.0. The SMILES string of the molecule is Cn1nccc1Nc1cc(O)cc(O)c1C(=O)n1cc2ccccc2c1. The lowest BCUT2D eigenvalue weighted by Crippen LogP contribution is -2.13. The topological polar surface area (TPSA) is 92.3 Å². The van der Waals surface area contributed by atoms with Crippen LogP contribution in [0.15, 0.2) is 61.1 Å². The second-order valence-corrected chi connectivity index (χ2v) is 5.95. The van der Waals surface area contributed by atoms with Gasteiger partial charge in [-0.3, -0.25) is 14.0 Å². The zero-order chi connectivity index (χ0) is 18.3. The van der Waals surface area contributed by atoms with Gasteiger partial charge in [0.05, 0.1) is 11.9 Å². The molecule has 0 saturated carbocycles. The third kappa shape index (κ3) is 2.65. The van der Waals surface area contributed by atoms with E-state index in [1.54, 1.807) is 36.4 Å². The second-order valence-electron chi connectivity index (χ2n) is 5.95. The van der Waals surface area contributed by atoms with Crippen LogP contribution in [0, 0.1) is 0 Å². The van der Waals surface area contributed by atoms with Crippen molar-refractivity contribution in [2.75, 3.05) is 5.32 Å². The molecule has 2 aromatic heterocycles. The summed E-state index contributed by atoms with van der Waals surface area (Å²) in [6.07, 6.45) is 5.01. The first-order valence-corrected chi connectivity index (χ1v) is 7.95. The van der Waals surface area contributed by atoms with Gasteiger partial charge in [0.1, 0.15) is 22.9 Å². The van der Waals surface area contributed by atoms with Crippen molar-refractivity contribution in [3.8, 4) is 11.5 Å². The standard InChI is InChI=1S/C19H16N4O3/c1-22-17(6-7-20-22)21-15-8-14(24)9-16(25)18(15)19(26)23-10-12-4-2-3-5-13(12)11-23/h2-11,21,24-25H,1H3. The number of phenolic OH excluding ortho intramolecular Hbond substituents is 2. The monoisotopic (exact) mass is 348 g/mol. The van der Waals surface area contributed by atoms with Crippen LogP contribution in [0.5, 0.6) is 11.5 Å². The third-order valence-corrected chi connectivity index (χ3v) is 4.19. The molecule has 130 valence electrons. The smallest absolute Gasteiger partial charge is 0.267 e. The van der Waals surface area contributed by atoms with Gasteiger partial charge in [-0.1, -0.05) is 24.3 Å². The van der Waals surface area contributed by atoms with Gasteiger partial charge < -0.3 is 15.5 Å². The van der Waals surface area contributed by atoms with Crippen molar-refractivity contribution in [1.29, 1.82) is 0 Å². The molecule has 7 nitrogen and oxygen atoms in total. The highest BCUT2D eigenvalue weighted by Gasteiger charge is 2.20. The Morgan fingerprint density at radius 2 is 1.77 bits per heavy atom. The summed E-state index contributed by atoms with van der Waals surface area (Å²) in [5.41, 5.74) is 0.346. The quantitative estimate of drug-likeness (QED) is 0.529. The van der Waals surface area contributed by atoms with E-state index < -0.39 is 5.91 Å². The fraction of sp³-hybridized carbons (Fsp3) is 0.0526. The first kappa shape index (κ1) is 15.8. The minimum atomic E-state index is -0.414. The van der Waals surface area contributed by atoms with Crippen molar-refractivity contribution >= 4 is 28.2 Å². The van der Waals surface area contributed by atoms with Crippen LogP contribution in [0.4, 0.5) is 11.5 Å². The molecule has 0 amide bonds. The van der Waals surface area contributed by atoms with E-state index >= 15 is 0 Å². The van der Waals surface area contributed by atoms with Crippen LogP contribution in [0.1, 0.15) is 10.4 Å². The molecule has 0 atom stereocenters. The number of nitrogens with one attached hydrogen (secondary N) is 1. The van der Waals surface area contributed by atoms with Gasteiger partial charge in [-0.15, -0.1) is 0 Å². The molecule has 4 aromatic rings. The number of fused-ring (bicyclic) bond motifs is 1. The largest absolute Gasteiger partial charge is 0.508 e. The van der Waals surface area contributed by atoms with Crippen LogP contribution in [0.3, 0.4) is 0 Å². The Labute approximate surface area is 148 Å². The number of hydrogen-bond acceptors (Lipinski definition) is 5. The van der Waals surface area contributed by atoms with Gasteiger partial charge in [-0.25, -0.2) is 0 Å². The number of carbonyl (C=O) groups is 1. The Kier molecular flexibility index (Phi) is 3.62. The van der Waals surface area contributed by atoms with Gasteiger partial charge in [0.15, 0.2) is 0 Å². The van der Waals surface area contributed by atoms with Crippen LogP contribution >= 0.6 is 0 Å². The molecular weight excluding hydrogens is 332 g/mol. The minimum absolute atomic E-state index is 0.0595. The number of aromatic hydroxyl groups is 2. The Morgan fingerprint density at radius 3 is 2.38 bits per heavy atom. The predicted octanol–water partition coefficient (Wildman–Crippen LogP) is 3.22. The number of rotatable bonds is 3. The highest BCUT2D eigenvalue weighted by atomic mass is 16.3. The maximum atomic E-state index is 13.0. The maximum Gasteiger partial charge on any atom is 0.267 e. The molecule has 0 aliphatic rings. The first-order valence-electron chi connectivity index (χ1n) is 7.95. The van der Waals surface area contributed by atoms with Crippen LogP contribution in [-0.2, 0) is 7.05 Å². The molecule has 0 fully saturated rings. The number of aryl methyl sites for hydroxylation is 1. The summed E-state index contributed by atoms with van der Waals surface area (Å²) in [6, 6.07) is 11.9. The second kappa shape index (κ2) is 5.96. The number of nitrogens with zero attached hydrogens (tertiary/aromatic N) is 3. The minimum Gasteiger partial charge on any atom is -0.508 e. The fourth-order valence-electron chi connectivity index (χ4n) is 2.90. The lowest BCUT2D eigenvalue weighted by atomic mass is 10.1. The van der Waals surface area contributed by atoms with E-state index in [9.17, 15) is 15.0 Å². The summed E-state index contributed by atoms with van der Waals surface area (Å²) in [4.78, 5) is 13.0. The van der Waals surface area contributed by atoms with Crippen molar-refractivity contribution in [1.82, 2.24) is 14.3 Å². The molecule has 3 N–H and O–H groups in total. The molecule has 2 aromatic carbocycles. The molecule has 0 unspecified atom stereocenters. The molecule has 0 saturated heterocycles. The summed E-state index contributed by atoms with van der Waals surface area (Å²) in [5.74, 6) is -0.260. The molecule has 0 radical (unpaired) electrons. The van der Waals surface area contributed by atoms with E-state index in [1.165, 1.54) is 10.6 Å². The van der Waals surface area contributed by atoms with Crippen molar-refractivity contribution in [3.63, 3.8) is 0 Å². The van der Waals surface area contributed by atoms with Gasteiger partial charge in [-0.05, 0) is 10.8 Å². The summed E-state index contributed by atoms with van der Waals surface area (Å²) in [6.45, 7) is 0. The molecule has 0 bridgehead atoms. The van der Waals surface area contributed by atoms with Gasteiger partial charge in [0.25, 0.3) is 5.91 Å². The average molecular weight is 348 g/mol.